The smallest absolute Gasteiger partial charge is 0.234 e. The first-order chi connectivity index (χ1) is 8.83. The average molecular weight is 258 g/mol. The molecule has 1 rings (SSSR count). The van der Waals surface area contributed by atoms with Crippen molar-refractivity contribution < 1.29 is 14.3 Å². The van der Waals surface area contributed by atoms with Crippen molar-refractivity contribution in [1.82, 2.24) is 10.6 Å². The third-order valence-corrected chi connectivity index (χ3v) is 3.10. The van der Waals surface area contributed by atoms with E-state index in [1.807, 2.05) is 0 Å². The van der Waals surface area contributed by atoms with Crippen LogP contribution in [0.4, 0.5) is 0 Å². The Balaban J connectivity index is 1.86. The summed E-state index contributed by atoms with van der Waals surface area (Å²) in [6, 6.07) is 0. The second kappa shape index (κ2) is 10.3. The van der Waals surface area contributed by atoms with Crippen LogP contribution in [0.25, 0.3) is 0 Å². The predicted molar refractivity (Wildman–Crippen MR) is 70.6 cm³/mol. The molecule has 0 aliphatic heterocycles. The second-order valence-electron chi connectivity index (χ2n) is 4.65. The Bertz CT molecular complexity index is 218. The molecule has 0 bridgehead atoms. The molecule has 0 aromatic carbocycles. The summed E-state index contributed by atoms with van der Waals surface area (Å²) in [5, 5.41) is 5.83. The Hall–Kier alpha value is -0.650. The van der Waals surface area contributed by atoms with Crippen molar-refractivity contribution in [2.75, 3.05) is 40.0 Å². The fraction of sp³-hybridized carbons (Fsp3) is 0.923. The van der Waals surface area contributed by atoms with Crippen molar-refractivity contribution in [2.45, 2.75) is 38.2 Å². The number of methoxy groups -OCH3 is 1. The molecule has 0 atom stereocenters. The molecule has 0 spiro atoms. The average Bonchev–Trinajstić information content (AvgIpc) is 2.40. The van der Waals surface area contributed by atoms with Crippen LogP contribution in [0.5, 0.6) is 0 Å². The van der Waals surface area contributed by atoms with Gasteiger partial charge in [-0.3, -0.25) is 4.79 Å². The van der Waals surface area contributed by atoms with E-state index in [1.54, 1.807) is 7.11 Å². The SMILES string of the molecule is COCCNC(=O)CNCCOC1CCCCC1. The molecule has 0 aromatic rings. The lowest BCUT2D eigenvalue weighted by atomic mass is 9.98. The number of carbonyl (C=O) groups is 1. The first-order valence-corrected chi connectivity index (χ1v) is 6.91. The fourth-order valence-electron chi connectivity index (χ4n) is 2.09. The van der Waals surface area contributed by atoms with Crippen LogP contribution in [0.15, 0.2) is 0 Å². The molecule has 2 N–H and O–H groups in total. The third kappa shape index (κ3) is 7.63. The van der Waals surface area contributed by atoms with E-state index in [2.05, 4.69) is 10.6 Å². The summed E-state index contributed by atoms with van der Waals surface area (Å²) in [4.78, 5) is 11.3. The zero-order valence-electron chi connectivity index (χ0n) is 11.4. The van der Waals surface area contributed by atoms with E-state index in [9.17, 15) is 4.79 Å². The lowest BCUT2D eigenvalue weighted by Gasteiger charge is -2.21. The maximum Gasteiger partial charge on any atom is 0.234 e. The van der Waals surface area contributed by atoms with E-state index >= 15 is 0 Å². The first kappa shape index (κ1) is 15.4. The van der Waals surface area contributed by atoms with Gasteiger partial charge in [0.1, 0.15) is 0 Å². The largest absolute Gasteiger partial charge is 0.383 e. The first-order valence-electron chi connectivity index (χ1n) is 6.91. The highest BCUT2D eigenvalue weighted by Crippen LogP contribution is 2.19. The Labute approximate surface area is 110 Å². The van der Waals surface area contributed by atoms with Crippen LogP contribution in [0, 0.1) is 0 Å². The van der Waals surface area contributed by atoms with Crippen molar-refractivity contribution in [3.8, 4) is 0 Å². The molecular weight excluding hydrogens is 232 g/mol. The molecule has 0 radical (unpaired) electrons. The normalized spacial score (nSPS) is 16.7. The Kier molecular flexibility index (Phi) is 8.81. The van der Waals surface area contributed by atoms with Gasteiger partial charge >= 0.3 is 0 Å². The maximum atomic E-state index is 11.3. The summed E-state index contributed by atoms with van der Waals surface area (Å²) in [5.41, 5.74) is 0. The Morgan fingerprint density at radius 2 is 1.94 bits per heavy atom. The third-order valence-electron chi connectivity index (χ3n) is 3.10. The van der Waals surface area contributed by atoms with Crippen LogP contribution in [-0.2, 0) is 14.3 Å². The summed E-state index contributed by atoms with van der Waals surface area (Å²) >= 11 is 0. The van der Waals surface area contributed by atoms with Crippen molar-refractivity contribution in [2.24, 2.45) is 0 Å². The number of carbonyl (C=O) groups excluding carboxylic acids is 1. The van der Waals surface area contributed by atoms with Gasteiger partial charge in [0.25, 0.3) is 0 Å². The fourth-order valence-corrected chi connectivity index (χ4v) is 2.09. The molecule has 5 heteroatoms. The standard InChI is InChI=1S/C13H26N2O3/c1-17-9-8-15-13(16)11-14-7-10-18-12-5-3-2-4-6-12/h12,14H,2-11H2,1H3,(H,15,16). The van der Waals surface area contributed by atoms with Crippen molar-refractivity contribution in [3.05, 3.63) is 0 Å². The van der Waals surface area contributed by atoms with Crippen LogP contribution < -0.4 is 10.6 Å². The second-order valence-corrected chi connectivity index (χ2v) is 4.65. The lowest BCUT2D eigenvalue weighted by Crippen LogP contribution is -2.37. The van der Waals surface area contributed by atoms with Gasteiger partial charge in [-0.25, -0.2) is 0 Å². The molecule has 1 aliphatic rings. The van der Waals surface area contributed by atoms with Gasteiger partial charge < -0.3 is 20.1 Å². The molecule has 1 amide bonds. The van der Waals surface area contributed by atoms with Crippen LogP contribution in [0.3, 0.4) is 0 Å². The zero-order valence-corrected chi connectivity index (χ0v) is 11.4. The molecular formula is C13H26N2O3. The molecule has 1 aliphatic carbocycles. The summed E-state index contributed by atoms with van der Waals surface area (Å²) in [6.07, 6.45) is 6.76. The number of rotatable bonds is 9. The highest BCUT2D eigenvalue weighted by molar-refractivity contribution is 5.77. The van der Waals surface area contributed by atoms with Crippen LogP contribution in [0.1, 0.15) is 32.1 Å². The highest BCUT2D eigenvalue weighted by Gasteiger charge is 2.12. The predicted octanol–water partition coefficient (Wildman–Crippen LogP) is 0.688. The number of ether oxygens (including phenoxy) is 2. The van der Waals surface area contributed by atoms with Gasteiger partial charge in [0.2, 0.25) is 5.91 Å². The molecule has 106 valence electrons. The number of hydrogen-bond acceptors (Lipinski definition) is 4. The Morgan fingerprint density at radius 3 is 2.67 bits per heavy atom. The molecule has 0 aromatic heterocycles. The monoisotopic (exact) mass is 258 g/mol. The minimum Gasteiger partial charge on any atom is -0.383 e. The Morgan fingerprint density at radius 1 is 1.17 bits per heavy atom. The summed E-state index contributed by atoms with van der Waals surface area (Å²) < 4.78 is 10.6. The molecule has 5 nitrogen and oxygen atoms in total. The van der Waals surface area contributed by atoms with E-state index in [0.717, 1.165) is 6.54 Å². The van der Waals surface area contributed by atoms with E-state index in [-0.39, 0.29) is 5.91 Å². The lowest BCUT2D eigenvalue weighted by molar-refractivity contribution is -0.120. The number of hydrogen-bond donors (Lipinski definition) is 2. The molecule has 1 saturated carbocycles. The van der Waals surface area contributed by atoms with E-state index in [0.29, 0.717) is 32.4 Å². The minimum absolute atomic E-state index is 0.00437. The topological polar surface area (TPSA) is 59.6 Å². The van der Waals surface area contributed by atoms with E-state index < -0.39 is 0 Å². The number of nitrogens with one attached hydrogen (secondary N) is 2. The van der Waals surface area contributed by atoms with Gasteiger partial charge in [-0.1, -0.05) is 19.3 Å². The number of amides is 1. The van der Waals surface area contributed by atoms with Crippen molar-refractivity contribution in [3.63, 3.8) is 0 Å². The summed E-state index contributed by atoms with van der Waals surface area (Å²) in [7, 11) is 1.62. The van der Waals surface area contributed by atoms with Gasteiger partial charge in [-0.2, -0.15) is 0 Å². The summed E-state index contributed by atoms with van der Waals surface area (Å²) in [5.74, 6) is 0.00437. The molecule has 0 unspecified atom stereocenters. The minimum atomic E-state index is 0.00437. The van der Waals surface area contributed by atoms with Crippen LogP contribution in [-0.4, -0.2) is 52.0 Å². The molecule has 0 saturated heterocycles. The molecule has 0 heterocycles. The zero-order chi connectivity index (χ0) is 13.1. The van der Waals surface area contributed by atoms with Gasteiger partial charge in [0, 0.05) is 20.2 Å². The highest BCUT2D eigenvalue weighted by atomic mass is 16.5. The van der Waals surface area contributed by atoms with Gasteiger partial charge in [0.05, 0.1) is 25.9 Å². The summed E-state index contributed by atoms with van der Waals surface area (Å²) in [6.45, 7) is 2.88. The van der Waals surface area contributed by atoms with Crippen molar-refractivity contribution >= 4 is 5.91 Å². The van der Waals surface area contributed by atoms with E-state index in [1.165, 1.54) is 32.1 Å². The van der Waals surface area contributed by atoms with Crippen molar-refractivity contribution in [1.29, 1.82) is 0 Å². The molecule has 18 heavy (non-hydrogen) atoms. The molecule has 1 fully saturated rings. The van der Waals surface area contributed by atoms with Crippen LogP contribution >= 0.6 is 0 Å². The van der Waals surface area contributed by atoms with E-state index in [4.69, 9.17) is 9.47 Å². The van der Waals surface area contributed by atoms with Gasteiger partial charge in [-0.15, -0.1) is 0 Å². The van der Waals surface area contributed by atoms with Gasteiger partial charge in [0.15, 0.2) is 0 Å². The quantitative estimate of drug-likeness (QED) is 0.597. The maximum absolute atomic E-state index is 11.3. The van der Waals surface area contributed by atoms with Gasteiger partial charge in [-0.05, 0) is 12.8 Å². The van der Waals surface area contributed by atoms with Crippen LogP contribution in [0.2, 0.25) is 0 Å².